The molecule has 0 aromatic heterocycles. The fourth-order valence-electron chi connectivity index (χ4n) is 2.74. The van der Waals surface area contributed by atoms with Crippen molar-refractivity contribution in [3.05, 3.63) is 17.4 Å². The molecule has 0 heterocycles. The summed E-state index contributed by atoms with van der Waals surface area (Å²) in [6.45, 7) is 3.04. The van der Waals surface area contributed by atoms with Gasteiger partial charge in [-0.15, -0.1) is 0 Å². The maximum atomic E-state index is 11.4. The summed E-state index contributed by atoms with van der Waals surface area (Å²) in [4.78, 5) is 0. The average Bonchev–Trinajstić information content (AvgIpc) is 2.45. The molecule has 132 valence electrons. The van der Waals surface area contributed by atoms with Gasteiger partial charge in [-0.25, -0.2) is 0 Å². The van der Waals surface area contributed by atoms with Crippen LogP contribution in [0, 0.1) is 5.21 Å². The lowest BCUT2D eigenvalue weighted by atomic mass is 10.1. The van der Waals surface area contributed by atoms with Gasteiger partial charge in [-0.3, -0.25) is 0 Å². The quantitative estimate of drug-likeness (QED) is 0.136. The number of allylic oxidation sites excluding steroid dienone is 2. The molecule has 0 unspecified atom stereocenters. The third kappa shape index (κ3) is 19.7. The van der Waals surface area contributed by atoms with Gasteiger partial charge in [0.05, 0.1) is 20.6 Å². The third-order valence-electron chi connectivity index (χ3n) is 4.21. The van der Waals surface area contributed by atoms with Crippen molar-refractivity contribution in [3.8, 4) is 0 Å². The van der Waals surface area contributed by atoms with Crippen LogP contribution in [0.1, 0.15) is 96.8 Å². The Bertz CT molecular complexity index is 243. The van der Waals surface area contributed by atoms with Crippen LogP contribution in [0.25, 0.3) is 0 Å². The molecule has 2 nitrogen and oxygen atoms in total. The molecule has 0 saturated carbocycles. The molecule has 0 atom stereocenters. The molecule has 0 spiro atoms. The second kappa shape index (κ2) is 15.6. The van der Waals surface area contributed by atoms with Crippen molar-refractivity contribution >= 4 is 0 Å². The zero-order chi connectivity index (χ0) is 16.5. The second-order valence-corrected chi connectivity index (χ2v) is 7.24. The molecule has 0 aromatic rings. The molecule has 0 bridgehead atoms. The second-order valence-electron chi connectivity index (χ2n) is 7.24. The van der Waals surface area contributed by atoms with Crippen LogP contribution in [0.2, 0.25) is 0 Å². The maximum absolute atomic E-state index is 11.4. The summed E-state index contributed by atoms with van der Waals surface area (Å²) in [5.41, 5.74) is 0. The van der Waals surface area contributed by atoms with Crippen molar-refractivity contribution < 1.29 is 4.65 Å². The first-order valence-electron chi connectivity index (χ1n) is 9.75. The van der Waals surface area contributed by atoms with Crippen LogP contribution in [0.3, 0.4) is 0 Å². The average molecular weight is 312 g/mol. The van der Waals surface area contributed by atoms with Crippen LogP contribution in [-0.4, -0.2) is 25.3 Å². The van der Waals surface area contributed by atoms with Gasteiger partial charge in [0.1, 0.15) is 0 Å². The Morgan fingerprint density at radius 3 is 1.50 bits per heavy atom. The van der Waals surface area contributed by atoms with Crippen molar-refractivity contribution in [2.24, 2.45) is 0 Å². The molecule has 0 rings (SSSR count). The van der Waals surface area contributed by atoms with Crippen molar-refractivity contribution in [3.63, 3.8) is 0 Å². The van der Waals surface area contributed by atoms with E-state index in [9.17, 15) is 5.21 Å². The Morgan fingerprint density at radius 2 is 1.05 bits per heavy atom. The summed E-state index contributed by atoms with van der Waals surface area (Å²) in [6, 6.07) is 0. The van der Waals surface area contributed by atoms with Gasteiger partial charge < -0.3 is 9.85 Å². The molecule has 0 N–H and O–H groups in total. The van der Waals surface area contributed by atoms with Crippen molar-refractivity contribution in [2.75, 3.05) is 20.6 Å². The van der Waals surface area contributed by atoms with Crippen LogP contribution in [0.15, 0.2) is 12.2 Å². The van der Waals surface area contributed by atoms with Crippen LogP contribution < -0.4 is 0 Å². The first kappa shape index (κ1) is 21.7. The zero-order valence-corrected chi connectivity index (χ0v) is 15.6. The number of hydrogen-bond donors (Lipinski definition) is 0. The standard InChI is InChI=1S/C20H41NO/c1-4-5-6-7-8-9-10-11-12-13-14-15-16-17-18-19-20-21(2,3)22/h11-12H,4-10,13-20H2,1-3H3/b12-11+. The number of unbranched alkanes of at least 4 members (excludes halogenated alkanes) is 12. The monoisotopic (exact) mass is 311 g/mol. The largest absolute Gasteiger partial charge is 0.633 e. The van der Waals surface area contributed by atoms with E-state index in [1.807, 2.05) is 0 Å². The summed E-state index contributed by atoms with van der Waals surface area (Å²) < 4.78 is -0.136. The lowest BCUT2D eigenvalue weighted by molar-refractivity contribution is -0.840. The molecule has 0 aromatic carbocycles. The van der Waals surface area contributed by atoms with E-state index in [-0.39, 0.29) is 4.65 Å². The van der Waals surface area contributed by atoms with Gasteiger partial charge in [-0.1, -0.05) is 70.4 Å². The molecule has 0 saturated heterocycles. The van der Waals surface area contributed by atoms with Gasteiger partial charge in [0.15, 0.2) is 0 Å². The van der Waals surface area contributed by atoms with E-state index in [0.29, 0.717) is 0 Å². The van der Waals surface area contributed by atoms with Gasteiger partial charge in [-0.2, -0.15) is 0 Å². The van der Waals surface area contributed by atoms with E-state index >= 15 is 0 Å². The Hall–Kier alpha value is -0.340. The van der Waals surface area contributed by atoms with E-state index in [1.54, 1.807) is 14.1 Å². The van der Waals surface area contributed by atoms with Crippen LogP contribution >= 0.6 is 0 Å². The summed E-state index contributed by atoms with van der Waals surface area (Å²) >= 11 is 0. The molecule has 2 heteroatoms. The van der Waals surface area contributed by atoms with E-state index in [0.717, 1.165) is 13.0 Å². The first-order chi connectivity index (χ1) is 10.6. The fraction of sp³-hybridized carbons (Fsp3) is 0.900. The SMILES string of the molecule is CCCCCCCC/C=C/CCCCCCCC[N+](C)(C)[O-]. The predicted octanol–water partition coefficient (Wildman–Crippen LogP) is 6.60. The van der Waals surface area contributed by atoms with E-state index in [4.69, 9.17) is 0 Å². The summed E-state index contributed by atoms with van der Waals surface area (Å²) in [5.74, 6) is 0. The van der Waals surface area contributed by atoms with Gasteiger partial charge in [0.2, 0.25) is 0 Å². The van der Waals surface area contributed by atoms with Gasteiger partial charge in [-0.05, 0) is 38.5 Å². The van der Waals surface area contributed by atoms with E-state index in [1.165, 1.54) is 83.5 Å². The van der Waals surface area contributed by atoms with Crippen LogP contribution in [-0.2, 0) is 0 Å². The van der Waals surface area contributed by atoms with Gasteiger partial charge >= 0.3 is 0 Å². The molecule has 0 aliphatic heterocycles. The molecule has 0 aliphatic carbocycles. The molecule has 0 amide bonds. The Labute approximate surface area is 140 Å². The highest BCUT2D eigenvalue weighted by atomic mass is 16.5. The smallest absolute Gasteiger partial charge is 0.0779 e. The Balaban J connectivity index is 3.11. The zero-order valence-electron chi connectivity index (χ0n) is 15.6. The highest BCUT2D eigenvalue weighted by Gasteiger charge is 2.00. The summed E-state index contributed by atoms with van der Waals surface area (Å²) in [5, 5.41) is 11.4. The Kier molecular flexibility index (Phi) is 15.3. The van der Waals surface area contributed by atoms with Crippen molar-refractivity contribution in [1.29, 1.82) is 0 Å². The highest BCUT2D eigenvalue weighted by molar-refractivity contribution is 4.81. The fourth-order valence-corrected chi connectivity index (χ4v) is 2.74. The minimum Gasteiger partial charge on any atom is -0.633 e. The van der Waals surface area contributed by atoms with Crippen LogP contribution in [0.5, 0.6) is 0 Å². The molecule has 0 radical (unpaired) electrons. The van der Waals surface area contributed by atoms with Gasteiger partial charge in [0.25, 0.3) is 0 Å². The molecule has 0 fully saturated rings. The van der Waals surface area contributed by atoms with Gasteiger partial charge in [0, 0.05) is 0 Å². The maximum Gasteiger partial charge on any atom is 0.0779 e. The highest BCUT2D eigenvalue weighted by Crippen LogP contribution is 2.10. The molecule has 22 heavy (non-hydrogen) atoms. The molecular formula is C20H41NO. The lowest BCUT2D eigenvalue weighted by Gasteiger charge is -2.33. The number of rotatable bonds is 16. The minimum atomic E-state index is -0.136. The number of quaternary nitrogens is 1. The molecular weight excluding hydrogens is 270 g/mol. The normalized spacial score (nSPS) is 12.4. The first-order valence-corrected chi connectivity index (χ1v) is 9.75. The number of hydrogen-bond acceptors (Lipinski definition) is 1. The van der Waals surface area contributed by atoms with Crippen molar-refractivity contribution in [1.82, 2.24) is 0 Å². The third-order valence-corrected chi connectivity index (χ3v) is 4.21. The van der Waals surface area contributed by atoms with E-state index < -0.39 is 0 Å². The summed E-state index contributed by atoms with van der Waals surface area (Å²) in [6.07, 6.45) is 23.2. The topological polar surface area (TPSA) is 23.1 Å². The van der Waals surface area contributed by atoms with Crippen molar-refractivity contribution in [2.45, 2.75) is 96.8 Å². The predicted molar refractivity (Wildman–Crippen MR) is 99.8 cm³/mol. The van der Waals surface area contributed by atoms with Crippen LogP contribution in [0.4, 0.5) is 0 Å². The Morgan fingerprint density at radius 1 is 0.636 bits per heavy atom. The lowest BCUT2D eigenvalue weighted by Crippen LogP contribution is -2.32. The number of hydroxylamine groups is 3. The van der Waals surface area contributed by atoms with E-state index in [2.05, 4.69) is 19.1 Å². The number of nitrogens with zero attached hydrogens (tertiary/aromatic N) is 1. The summed E-state index contributed by atoms with van der Waals surface area (Å²) in [7, 11) is 3.47. The molecule has 0 aliphatic rings. The minimum absolute atomic E-state index is 0.136.